The number of nitrogens with zero attached hydrogens (tertiary/aromatic N) is 2. The van der Waals surface area contributed by atoms with Gasteiger partial charge in [0.05, 0.1) is 22.1 Å². The molecule has 0 atom stereocenters. The molecular formula is C24H19ClN2O4S. The fourth-order valence-electron chi connectivity index (χ4n) is 2.78. The third kappa shape index (κ3) is 5.42. The number of hydrogen-bond donors (Lipinski definition) is 0. The molecule has 0 aliphatic carbocycles. The zero-order valence-corrected chi connectivity index (χ0v) is 18.9. The van der Waals surface area contributed by atoms with Gasteiger partial charge in [-0.05, 0) is 65.7 Å². The van der Waals surface area contributed by atoms with E-state index >= 15 is 0 Å². The van der Waals surface area contributed by atoms with Crippen LogP contribution >= 0.6 is 11.6 Å². The van der Waals surface area contributed by atoms with Crippen LogP contribution in [0.5, 0.6) is 5.75 Å². The van der Waals surface area contributed by atoms with E-state index in [2.05, 4.69) is 6.07 Å². The molecule has 0 aromatic heterocycles. The molecule has 0 bridgehead atoms. The number of halogens is 1. The lowest BCUT2D eigenvalue weighted by molar-refractivity contribution is 0.0734. The van der Waals surface area contributed by atoms with Crippen LogP contribution in [-0.4, -0.2) is 32.8 Å². The van der Waals surface area contributed by atoms with E-state index in [1.54, 1.807) is 54.6 Å². The molecule has 0 N–H and O–H groups in total. The van der Waals surface area contributed by atoms with Crippen molar-refractivity contribution < 1.29 is 17.9 Å². The molecule has 0 fully saturated rings. The molecule has 0 saturated heterocycles. The minimum atomic E-state index is -3.58. The first-order valence-corrected chi connectivity index (χ1v) is 11.2. The van der Waals surface area contributed by atoms with Gasteiger partial charge in [0, 0.05) is 19.1 Å². The summed E-state index contributed by atoms with van der Waals surface area (Å²) >= 11 is 5.90. The summed E-state index contributed by atoms with van der Waals surface area (Å²) < 4.78 is 30.8. The van der Waals surface area contributed by atoms with Crippen LogP contribution < -0.4 is 4.74 Å². The molecule has 0 radical (unpaired) electrons. The smallest absolute Gasteiger partial charge is 0.343 e. The third-order valence-electron chi connectivity index (χ3n) is 4.52. The summed E-state index contributed by atoms with van der Waals surface area (Å²) in [5, 5.41) is 10.1. The lowest BCUT2D eigenvalue weighted by Crippen LogP contribution is -2.22. The Morgan fingerprint density at radius 1 is 1.00 bits per heavy atom. The Morgan fingerprint density at radius 3 is 2.22 bits per heavy atom. The first-order valence-electron chi connectivity index (χ1n) is 9.43. The highest BCUT2D eigenvalue weighted by Gasteiger charge is 2.18. The fraction of sp³-hybridized carbons (Fsp3) is 0.0833. The minimum absolute atomic E-state index is 0.0809. The molecule has 0 spiro atoms. The molecule has 3 aromatic carbocycles. The maximum absolute atomic E-state index is 12.5. The number of rotatable bonds is 6. The standard InChI is InChI=1S/C24H19ClN2O4S/c1-27(2)32(29,30)23-12-8-19(9-13-23)24(28)31-22-5-3-4-17(15-22)14-20(16-26)18-6-10-21(25)11-7-18/h3-15H,1-2H3/b20-14-. The average molecular weight is 467 g/mol. The number of allylic oxidation sites excluding steroid dienone is 1. The number of esters is 1. The van der Waals surface area contributed by atoms with Crippen molar-refractivity contribution in [3.8, 4) is 11.8 Å². The molecule has 6 nitrogen and oxygen atoms in total. The van der Waals surface area contributed by atoms with Gasteiger partial charge in [-0.2, -0.15) is 5.26 Å². The molecular weight excluding hydrogens is 448 g/mol. The Bertz CT molecular complexity index is 1310. The van der Waals surface area contributed by atoms with Crippen molar-refractivity contribution in [2.45, 2.75) is 4.90 Å². The number of benzene rings is 3. The van der Waals surface area contributed by atoms with Gasteiger partial charge in [0.15, 0.2) is 0 Å². The number of nitriles is 1. The molecule has 0 aliphatic heterocycles. The Balaban J connectivity index is 1.79. The van der Waals surface area contributed by atoms with Crippen molar-refractivity contribution in [2.75, 3.05) is 14.1 Å². The SMILES string of the molecule is CN(C)S(=O)(=O)c1ccc(C(=O)Oc2cccc(/C=C(/C#N)c3ccc(Cl)cc3)c2)cc1. The molecule has 3 rings (SSSR count). The van der Waals surface area contributed by atoms with Crippen LogP contribution in [0.2, 0.25) is 5.02 Å². The Hall–Kier alpha value is -3.44. The van der Waals surface area contributed by atoms with Crippen molar-refractivity contribution >= 4 is 39.2 Å². The van der Waals surface area contributed by atoms with Crippen LogP contribution in [0.25, 0.3) is 11.6 Å². The van der Waals surface area contributed by atoms with E-state index in [0.29, 0.717) is 27.5 Å². The van der Waals surface area contributed by atoms with Crippen LogP contribution in [0.4, 0.5) is 0 Å². The highest BCUT2D eigenvalue weighted by Crippen LogP contribution is 2.23. The van der Waals surface area contributed by atoms with Crippen LogP contribution in [0, 0.1) is 11.3 Å². The van der Waals surface area contributed by atoms with Gasteiger partial charge < -0.3 is 4.74 Å². The van der Waals surface area contributed by atoms with E-state index in [9.17, 15) is 18.5 Å². The molecule has 0 saturated carbocycles. The molecule has 3 aromatic rings. The van der Waals surface area contributed by atoms with Gasteiger partial charge in [-0.1, -0.05) is 35.9 Å². The van der Waals surface area contributed by atoms with E-state index in [-0.39, 0.29) is 10.5 Å². The van der Waals surface area contributed by atoms with Gasteiger partial charge in [-0.25, -0.2) is 17.5 Å². The summed E-state index contributed by atoms with van der Waals surface area (Å²) in [4.78, 5) is 12.6. The lowest BCUT2D eigenvalue weighted by Gasteiger charge is -2.11. The average Bonchev–Trinajstić information content (AvgIpc) is 2.78. The van der Waals surface area contributed by atoms with Gasteiger partial charge in [0.1, 0.15) is 5.75 Å². The summed E-state index contributed by atoms with van der Waals surface area (Å²) in [6, 6.07) is 21.3. The van der Waals surface area contributed by atoms with Crippen molar-refractivity contribution in [2.24, 2.45) is 0 Å². The van der Waals surface area contributed by atoms with Gasteiger partial charge in [-0.3, -0.25) is 0 Å². The minimum Gasteiger partial charge on any atom is -0.423 e. The van der Waals surface area contributed by atoms with E-state index < -0.39 is 16.0 Å². The summed E-state index contributed by atoms with van der Waals surface area (Å²) in [5.41, 5.74) is 2.03. The Labute approximate surface area is 192 Å². The van der Waals surface area contributed by atoms with Crippen molar-refractivity contribution in [1.82, 2.24) is 4.31 Å². The van der Waals surface area contributed by atoms with Crippen LogP contribution in [-0.2, 0) is 10.0 Å². The highest BCUT2D eigenvalue weighted by atomic mass is 35.5. The Morgan fingerprint density at radius 2 is 1.62 bits per heavy atom. The maximum Gasteiger partial charge on any atom is 0.343 e. The lowest BCUT2D eigenvalue weighted by atomic mass is 10.0. The molecule has 0 aliphatic rings. The summed E-state index contributed by atoms with van der Waals surface area (Å²) in [6.07, 6.45) is 1.68. The second-order valence-corrected chi connectivity index (χ2v) is 9.54. The number of sulfonamides is 1. The molecule has 8 heteroatoms. The summed E-state index contributed by atoms with van der Waals surface area (Å²) in [6.45, 7) is 0. The van der Waals surface area contributed by atoms with E-state index in [0.717, 1.165) is 4.31 Å². The number of carbonyl (C=O) groups excluding carboxylic acids is 1. The van der Waals surface area contributed by atoms with E-state index in [1.165, 1.54) is 38.4 Å². The second-order valence-electron chi connectivity index (χ2n) is 6.95. The van der Waals surface area contributed by atoms with Crippen LogP contribution in [0.3, 0.4) is 0 Å². The maximum atomic E-state index is 12.5. The van der Waals surface area contributed by atoms with Crippen LogP contribution in [0.1, 0.15) is 21.5 Å². The Kier molecular flexibility index (Phi) is 7.11. The normalized spacial score (nSPS) is 11.8. The zero-order chi connectivity index (χ0) is 23.3. The predicted octanol–water partition coefficient (Wildman–Crippen LogP) is 4.87. The van der Waals surface area contributed by atoms with Gasteiger partial charge in [0.25, 0.3) is 0 Å². The first kappa shape index (κ1) is 23.2. The molecule has 0 amide bonds. The predicted molar refractivity (Wildman–Crippen MR) is 124 cm³/mol. The van der Waals surface area contributed by atoms with Crippen molar-refractivity contribution in [3.63, 3.8) is 0 Å². The van der Waals surface area contributed by atoms with Crippen molar-refractivity contribution in [3.05, 3.63) is 94.5 Å². The number of ether oxygens (including phenoxy) is 1. The number of hydrogen-bond acceptors (Lipinski definition) is 5. The van der Waals surface area contributed by atoms with Gasteiger partial charge in [-0.15, -0.1) is 0 Å². The highest BCUT2D eigenvalue weighted by molar-refractivity contribution is 7.89. The largest absolute Gasteiger partial charge is 0.423 e. The third-order valence-corrected chi connectivity index (χ3v) is 6.61. The van der Waals surface area contributed by atoms with Gasteiger partial charge >= 0.3 is 5.97 Å². The zero-order valence-electron chi connectivity index (χ0n) is 17.3. The molecule has 0 heterocycles. The van der Waals surface area contributed by atoms with E-state index in [1.807, 2.05) is 0 Å². The van der Waals surface area contributed by atoms with Gasteiger partial charge in [0.2, 0.25) is 10.0 Å². The fourth-order valence-corrected chi connectivity index (χ4v) is 3.81. The summed E-state index contributed by atoms with van der Waals surface area (Å²) in [7, 11) is -0.714. The monoisotopic (exact) mass is 466 g/mol. The quantitative estimate of drug-likeness (QED) is 0.224. The molecule has 0 unspecified atom stereocenters. The van der Waals surface area contributed by atoms with Crippen molar-refractivity contribution in [1.29, 1.82) is 5.26 Å². The topological polar surface area (TPSA) is 87.5 Å². The van der Waals surface area contributed by atoms with Crippen LogP contribution in [0.15, 0.2) is 77.7 Å². The second kappa shape index (κ2) is 9.79. The summed E-state index contributed by atoms with van der Waals surface area (Å²) in [5.74, 6) is -0.333. The first-order chi connectivity index (χ1) is 15.2. The van der Waals surface area contributed by atoms with E-state index in [4.69, 9.17) is 16.3 Å². The molecule has 32 heavy (non-hydrogen) atoms. The number of carbonyl (C=O) groups is 1. The molecule has 162 valence electrons.